The average Bonchev–Trinajstić information content (AvgIpc) is 3.05. The predicted molar refractivity (Wildman–Crippen MR) is 101 cm³/mol. The van der Waals surface area contributed by atoms with Crippen LogP contribution in [0.1, 0.15) is 28.3 Å². The van der Waals surface area contributed by atoms with Gasteiger partial charge in [-0.15, -0.1) is 0 Å². The largest absolute Gasteiger partial charge is 0.459 e. The highest BCUT2D eigenvalue weighted by atomic mass is 19.1. The van der Waals surface area contributed by atoms with Crippen LogP contribution in [0.2, 0.25) is 0 Å². The highest BCUT2D eigenvalue weighted by Crippen LogP contribution is 2.25. The SMILES string of the molecule is CN=C(NCc1oc2ccc(F)cc2c1C)NCc1c(C)nn(C)c1C. The summed E-state index contributed by atoms with van der Waals surface area (Å²) in [5.41, 5.74) is 4.90. The van der Waals surface area contributed by atoms with Gasteiger partial charge in [-0.3, -0.25) is 9.67 Å². The molecule has 0 saturated carbocycles. The van der Waals surface area contributed by atoms with E-state index in [-0.39, 0.29) is 5.82 Å². The lowest BCUT2D eigenvalue weighted by atomic mass is 10.1. The third kappa shape index (κ3) is 3.42. The van der Waals surface area contributed by atoms with E-state index >= 15 is 0 Å². The number of rotatable bonds is 4. The Bertz CT molecular complexity index is 970. The molecule has 0 aliphatic heterocycles. The van der Waals surface area contributed by atoms with Crippen LogP contribution in [-0.2, 0) is 20.1 Å². The first-order valence-electron chi connectivity index (χ1n) is 8.51. The molecular formula is C19H24FN5O. The number of fused-ring (bicyclic) bond motifs is 1. The number of guanidine groups is 1. The zero-order chi connectivity index (χ0) is 18.8. The summed E-state index contributed by atoms with van der Waals surface area (Å²) in [6, 6.07) is 4.56. The van der Waals surface area contributed by atoms with E-state index in [9.17, 15) is 4.39 Å². The van der Waals surface area contributed by atoms with Crippen LogP contribution in [0, 0.1) is 26.6 Å². The Morgan fingerprint density at radius 2 is 1.96 bits per heavy atom. The van der Waals surface area contributed by atoms with E-state index in [2.05, 4.69) is 20.7 Å². The Kier molecular flexibility index (Phi) is 4.97. The van der Waals surface area contributed by atoms with E-state index in [1.807, 2.05) is 32.5 Å². The molecule has 3 rings (SSSR count). The third-order valence-corrected chi connectivity index (χ3v) is 4.73. The maximum absolute atomic E-state index is 13.4. The second kappa shape index (κ2) is 7.19. The number of halogens is 1. The fraction of sp³-hybridized carbons (Fsp3) is 0.368. The molecule has 0 unspecified atom stereocenters. The van der Waals surface area contributed by atoms with E-state index in [0.29, 0.717) is 24.6 Å². The van der Waals surface area contributed by atoms with E-state index in [1.165, 1.54) is 12.1 Å². The molecule has 0 atom stereocenters. The Hall–Kier alpha value is -2.83. The van der Waals surface area contributed by atoms with Crippen LogP contribution >= 0.6 is 0 Å². The lowest BCUT2D eigenvalue weighted by Crippen LogP contribution is -2.36. The minimum absolute atomic E-state index is 0.263. The van der Waals surface area contributed by atoms with Gasteiger partial charge in [-0.25, -0.2) is 4.39 Å². The molecule has 0 aliphatic carbocycles. The van der Waals surface area contributed by atoms with Crippen molar-refractivity contribution < 1.29 is 8.81 Å². The molecule has 0 amide bonds. The van der Waals surface area contributed by atoms with Crippen LogP contribution in [0.4, 0.5) is 4.39 Å². The topological polar surface area (TPSA) is 67.4 Å². The summed E-state index contributed by atoms with van der Waals surface area (Å²) in [5, 5.41) is 11.8. The van der Waals surface area contributed by atoms with Gasteiger partial charge in [-0.1, -0.05) is 0 Å². The van der Waals surface area contributed by atoms with Crippen LogP contribution in [0.15, 0.2) is 27.6 Å². The number of nitrogens with one attached hydrogen (secondary N) is 2. The van der Waals surface area contributed by atoms with Gasteiger partial charge < -0.3 is 15.1 Å². The fourth-order valence-electron chi connectivity index (χ4n) is 3.04. The van der Waals surface area contributed by atoms with Crippen molar-refractivity contribution in [3.05, 3.63) is 52.3 Å². The van der Waals surface area contributed by atoms with Crippen molar-refractivity contribution in [1.29, 1.82) is 0 Å². The third-order valence-electron chi connectivity index (χ3n) is 4.73. The summed E-state index contributed by atoms with van der Waals surface area (Å²) in [6.07, 6.45) is 0. The predicted octanol–water partition coefficient (Wildman–Crippen LogP) is 3.10. The minimum Gasteiger partial charge on any atom is -0.459 e. The highest BCUT2D eigenvalue weighted by molar-refractivity contribution is 5.83. The molecule has 1 aromatic carbocycles. The summed E-state index contributed by atoms with van der Waals surface area (Å²) in [4.78, 5) is 4.25. The van der Waals surface area contributed by atoms with Crippen molar-refractivity contribution in [2.45, 2.75) is 33.9 Å². The van der Waals surface area contributed by atoms with Crippen LogP contribution < -0.4 is 10.6 Å². The number of aryl methyl sites for hydroxylation is 3. The van der Waals surface area contributed by atoms with Gasteiger partial charge in [0.05, 0.1) is 12.2 Å². The van der Waals surface area contributed by atoms with Crippen LogP contribution in [0.25, 0.3) is 11.0 Å². The Labute approximate surface area is 152 Å². The lowest BCUT2D eigenvalue weighted by molar-refractivity contribution is 0.534. The van der Waals surface area contributed by atoms with Gasteiger partial charge in [-0.2, -0.15) is 5.10 Å². The van der Waals surface area contributed by atoms with Crippen molar-refractivity contribution >= 4 is 16.9 Å². The molecule has 6 nitrogen and oxygen atoms in total. The molecule has 138 valence electrons. The van der Waals surface area contributed by atoms with Gasteiger partial charge >= 0.3 is 0 Å². The van der Waals surface area contributed by atoms with Crippen molar-refractivity contribution in [3.63, 3.8) is 0 Å². The molecule has 0 spiro atoms. The molecular weight excluding hydrogens is 333 g/mol. The normalized spacial score (nSPS) is 12.0. The van der Waals surface area contributed by atoms with E-state index < -0.39 is 0 Å². The maximum atomic E-state index is 13.4. The summed E-state index contributed by atoms with van der Waals surface area (Å²) < 4.78 is 21.1. The monoisotopic (exact) mass is 357 g/mol. The minimum atomic E-state index is -0.263. The van der Waals surface area contributed by atoms with Gasteiger partial charge in [-0.05, 0) is 39.0 Å². The van der Waals surface area contributed by atoms with Crippen molar-refractivity contribution in [2.75, 3.05) is 7.05 Å². The van der Waals surface area contributed by atoms with Crippen LogP contribution in [-0.4, -0.2) is 22.8 Å². The molecule has 2 heterocycles. The zero-order valence-corrected chi connectivity index (χ0v) is 15.8. The number of aliphatic imine (C=N–C) groups is 1. The molecule has 7 heteroatoms. The van der Waals surface area contributed by atoms with Crippen LogP contribution in [0.5, 0.6) is 0 Å². The summed E-state index contributed by atoms with van der Waals surface area (Å²) in [5.74, 6) is 1.17. The molecule has 26 heavy (non-hydrogen) atoms. The number of benzene rings is 1. The van der Waals surface area contributed by atoms with Crippen molar-refractivity contribution in [3.8, 4) is 0 Å². The molecule has 0 saturated heterocycles. The van der Waals surface area contributed by atoms with E-state index in [4.69, 9.17) is 4.42 Å². The van der Waals surface area contributed by atoms with E-state index in [1.54, 1.807) is 13.1 Å². The molecule has 2 aromatic heterocycles. The first-order valence-corrected chi connectivity index (χ1v) is 8.51. The van der Waals surface area contributed by atoms with Gasteiger partial charge in [0.25, 0.3) is 0 Å². The first-order chi connectivity index (χ1) is 12.4. The van der Waals surface area contributed by atoms with Gasteiger partial charge in [0, 0.05) is 42.8 Å². The molecule has 3 aromatic rings. The van der Waals surface area contributed by atoms with Gasteiger partial charge in [0.15, 0.2) is 5.96 Å². The summed E-state index contributed by atoms with van der Waals surface area (Å²) in [6.45, 7) is 7.07. The number of hydrogen-bond donors (Lipinski definition) is 2. The number of hydrogen-bond acceptors (Lipinski definition) is 3. The van der Waals surface area contributed by atoms with Gasteiger partial charge in [0.1, 0.15) is 17.2 Å². The quantitative estimate of drug-likeness (QED) is 0.556. The molecule has 0 fully saturated rings. The lowest BCUT2D eigenvalue weighted by Gasteiger charge is -2.11. The number of aromatic nitrogens is 2. The Morgan fingerprint density at radius 1 is 1.23 bits per heavy atom. The van der Waals surface area contributed by atoms with E-state index in [0.717, 1.165) is 33.7 Å². The fourth-order valence-corrected chi connectivity index (χ4v) is 3.04. The Morgan fingerprint density at radius 3 is 2.62 bits per heavy atom. The van der Waals surface area contributed by atoms with Crippen molar-refractivity contribution in [1.82, 2.24) is 20.4 Å². The number of nitrogens with zero attached hydrogens (tertiary/aromatic N) is 3. The second-order valence-corrected chi connectivity index (χ2v) is 6.34. The smallest absolute Gasteiger partial charge is 0.191 e. The molecule has 0 aliphatic rings. The maximum Gasteiger partial charge on any atom is 0.191 e. The summed E-state index contributed by atoms with van der Waals surface area (Å²) in [7, 11) is 3.66. The molecule has 0 bridgehead atoms. The van der Waals surface area contributed by atoms with Crippen molar-refractivity contribution in [2.24, 2.45) is 12.0 Å². The van der Waals surface area contributed by atoms with Gasteiger partial charge in [0.2, 0.25) is 0 Å². The summed E-state index contributed by atoms with van der Waals surface area (Å²) >= 11 is 0. The number of furan rings is 1. The molecule has 2 N–H and O–H groups in total. The first kappa shape index (κ1) is 18.0. The standard InChI is InChI=1S/C19H24FN5O/c1-11-15-8-14(20)6-7-17(15)26-18(11)10-23-19(21-4)22-9-16-12(2)24-25(5)13(16)3/h6-8H,9-10H2,1-5H3,(H2,21,22,23). The average molecular weight is 357 g/mol. The highest BCUT2D eigenvalue weighted by Gasteiger charge is 2.13. The zero-order valence-electron chi connectivity index (χ0n) is 15.8. The van der Waals surface area contributed by atoms with Crippen LogP contribution in [0.3, 0.4) is 0 Å². The Balaban J connectivity index is 1.67. The molecule has 0 radical (unpaired) electrons. The second-order valence-electron chi connectivity index (χ2n) is 6.34.